The molecule has 1 aliphatic heterocycles. The number of nitrogens with zero attached hydrogens (tertiary/aromatic N) is 2. The van der Waals surface area contributed by atoms with E-state index in [4.69, 9.17) is 18.9 Å². The van der Waals surface area contributed by atoms with E-state index >= 15 is 0 Å². The molecule has 1 aliphatic carbocycles. The van der Waals surface area contributed by atoms with E-state index in [1.165, 1.54) is 6.20 Å². The van der Waals surface area contributed by atoms with Gasteiger partial charge in [0.1, 0.15) is 13.4 Å². The zero-order chi connectivity index (χ0) is 28.5. The second-order valence-corrected chi connectivity index (χ2v) is 10.1. The summed E-state index contributed by atoms with van der Waals surface area (Å²) in [6.45, 7) is 2.62. The average Bonchev–Trinajstić information content (AvgIpc) is 3.37. The van der Waals surface area contributed by atoms with E-state index in [9.17, 15) is 22.8 Å². The molecule has 1 aromatic heterocycles. The predicted octanol–water partition coefficient (Wildman–Crippen LogP) is 5.17. The number of esters is 1. The summed E-state index contributed by atoms with van der Waals surface area (Å²) in [4.78, 5) is 31.5. The lowest BCUT2D eigenvalue weighted by Gasteiger charge is -2.33. The van der Waals surface area contributed by atoms with Gasteiger partial charge in [0.05, 0.1) is 31.3 Å². The molecule has 2 heterocycles. The van der Waals surface area contributed by atoms with Gasteiger partial charge in [-0.3, -0.25) is 4.79 Å². The van der Waals surface area contributed by atoms with E-state index in [0.29, 0.717) is 13.0 Å². The standard InChI is InChI=1S/C29H35F3N2O6/c1-2-38-28(36)26-25(9-6-14-33-26)39-18-23-15-24(40-19-37-17-20-7-4-3-5-8-20)16-34(23)27(35)21-10-12-22(13-11-21)29(30,31)32/h3-9,14,21-24H,2,10-13,15-19H2,1H3/t21-,22-,23-,24-/m1/s1. The molecule has 2 aromatic rings. The summed E-state index contributed by atoms with van der Waals surface area (Å²) in [5.41, 5.74) is 1.04. The fourth-order valence-electron chi connectivity index (χ4n) is 5.25. The first-order chi connectivity index (χ1) is 19.3. The Morgan fingerprint density at radius 2 is 1.80 bits per heavy atom. The number of aromatic nitrogens is 1. The van der Waals surface area contributed by atoms with E-state index in [0.717, 1.165) is 5.56 Å². The van der Waals surface area contributed by atoms with Crippen molar-refractivity contribution < 1.29 is 41.7 Å². The number of hydrogen-bond acceptors (Lipinski definition) is 7. The summed E-state index contributed by atoms with van der Waals surface area (Å²) in [5.74, 6) is -2.42. The van der Waals surface area contributed by atoms with E-state index in [1.807, 2.05) is 30.3 Å². The van der Waals surface area contributed by atoms with Gasteiger partial charge in [0.2, 0.25) is 5.91 Å². The number of alkyl halides is 3. The molecule has 8 nitrogen and oxygen atoms in total. The number of ether oxygens (including phenoxy) is 4. The first kappa shape index (κ1) is 29.8. The topological polar surface area (TPSA) is 87.2 Å². The van der Waals surface area contributed by atoms with Gasteiger partial charge < -0.3 is 23.8 Å². The second-order valence-electron chi connectivity index (χ2n) is 10.1. The largest absolute Gasteiger partial charge is 0.489 e. The van der Waals surface area contributed by atoms with Gasteiger partial charge in [0.25, 0.3) is 0 Å². The van der Waals surface area contributed by atoms with E-state index < -0.39 is 30.0 Å². The maximum absolute atomic E-state index is 13.5. The number of pyridine rings is 1. The monoisotopic (exact) mass is 564 g/mol. The minimum Gasteiger partial charge on any atom is -0.489 e. The van der Waals surface area contributed by atoms with E-state index in [1.54, 1.807) is 24.0 Å². The smallest absolute Gasteiger partial charge is 0.391 e. The summed E-state index contributed by atoms with van der Waals surface area (Å²) in [5, 5.41) is 0. The van der Waals surface area contributed by atoms with Crippen molar-refractivity contribution in [2.24, 2.45) is 11.8 Å². The first-order valence-electron chi connectivity index (χ1n) is 13.6. The van der Waals surface area contributed by atoms with Gasteiger partial charge in [-0.1, -0.05) is 30.3 Å². The molecule has 1 amide bonds. The summed E-state index contributed by atoms with van der Waals surface area (Å²) in [6.07, 6.45) is -2.39. The van der Waals surface area contributed by atoms with Crippen LogP contribution in [0.25, 0.3) is 0 Å². The molecular formula is C29H35F3N2O6. The maximum atomic E-state index is 13.5. The van der Waals surface area contributed by atoms with Gasteiger partial charge >= 0.3 is 12.1 Å². The Bertz CT molecular complexity index is 1110. The number of carbonyl (C=O) groups excluding carboxylic acids is 2. The Morgan fingerprint density at radius 3 is 2.50 bits per heavy atom. The quantitative estimate of drug-likeness (QED) is 0.212. The van der Waals surface area contributed by atoms with Crippen LogP contribution >= 0.6 is 0 Å². The average molecular weight is 565 g/mol. The molecule has 2 aliphatic rings. The molecule has 1 saturated carbocycles. The summed E-state index contributed by atoms with van der Waals surface area (Å²) >= 11 is 0. The third-order valence-electron chi connectivity index (χ3n) is 7.37. The van der Waals surface area contributed by atoms with Gasteiger partial charge in [0, 0.05) is 18.7 Å². The Hall–Kier alpha value is -3.18. The number of halogens is 3. The van der Waals surface area contributed by atoms with Crippen LogP contribution in [0.2, 0.25) is 0 Å². The van der Waals surface area contributed by atoms with Crippen LogP contribution in [0.1, 0.15) is 55.1 Å². The Kier molecular flexibility index (Phi) is 10.4. The number of carbonyl (C=O) groups is 2. The Labute approximate surface area is 231 Å². The first-order valence-corrected chi connectivity index (χ1v) is 13.6. The van der Waals surface area contributed by atoms with Gasteiger partial charge in [-0.05, 0) is 56.7 Å². The third kappa shape index (κ3) is 7.94. The van der Waals surface area contributed by atoms with Crippen molar-refractivity contribution in [1.82, 2.24) is 9.88 Å². The van der Waals surface area contributed by atoms with Crippen LogP contribution in [0.15, 0.2) is 48.7 Å². The third-order valence-corrected chi connectivity index (χ3v) is 7.37. The maximum Gasteiger partial charge on any atom is 0.391 e. The SMILES string of the molecule is CCOC(=O)c1ncccc1OC[C@H]1C[C@@H](OCOCc2ccccc2)CN1C(=O)[C@H]1CC[C@H](C(F)(F)F)CC1. The minimum atomic E-state index is -4.24. The highest BCUT2D eigenvalue weighted by Gasteiger charge is 2.45. The summed E-state index contributed by atoms with van der Waals surface area (Å²) in [7, 11) is 0. The van der Waals surface area contributed by atoms with E-state index in [-0.39, 0.29) is 75.7 Å². The number of amides is 1. The van der Waals surface area contributed by atoms with Crippen molar-refractivity contribution >= 4 is 11.9 Å². The van der Waals surface area contributed by atoms with Crippen molar-refractivity contribution in [3.63, 3.8) is 0 Å². The molecule has 0 N–H and O–H groups in total. The summed E-state index contributed by atoms with van der Waals surface area (Å²) < 4.78 is 62.1. The molecule has 2 atom stereocenters. The molecule has 1 aromatic carbocycles. The molecule has 2 fully saturated rings. The van der Waals surface area contributed by atoms with Gasteiger partial charge in [0.15, 0.2) is 11.4 Å². The molecule has 1 saturated heterocycles. The second kappa shape index (κ2) is 13.9. The van der Waals surface area contributed by atoms with Crippen LogP contribution in [0.3, 0.4) is 0 Å². The van der Waals surface area contributed by atoms with Crippen LogP contribution < -0.4 is 4.74 Å². The highest BCUT2D eigenvalue weighted by Crippen LogP contribution is 2.40. The molecule has 0 spiro atoms. The van der Waals surface area contributed by atoms with Gasteiger partial charge in [-0.25, -0.2) is 9.78 Å². The number of likely N-dealkylation sites (tertiary alicyclic amines) is 1. The van der Waals surface area contributed by atoms with Crippen molar-refractivity contribution in [2.45, 2.75) is 64.0 Å². The molecule has 4 rings (SSSR count). The lowest BCUT2D eigenvalue weighted by molar-refractivity contribution is -0.185. The molecule has 11 heteroatoms. The number of rotatable bonds is 11. The molecule has 40 heavy (non-hydrogen) atoms. The molecule has 0 bridgehead atoms. The highest BCUT2D eigenvalue weighted by atomic mass is 19.4. The Morgan fingerprint density at radius 1 is 1.05 bits per heavy atom. The Balaban J connectivity index is 1.39. The van der Waals surface area contributed by atoms with Gasteiger partial charge in [-0.2, -0.15) is 13.2 Å². The highest BCUT2D eigenvalue weighted by molar-refractivity contribution is 5.90. The fourth-order valence-corrected chi connectivity index (χ4v) is 5.25. The van der Waals surface area contributed by atoms with Crippen molar-refractivity contribution in [1.29, 1.82) is 0 Å². The zero-order valence-electron chi connectivity index (χ0n) is 22.5. The zero-order valence-corrected chi connectivity index (χ0v) is 22.5. The van der Waals surface area contributed by atoms with Crippen LogP contribution in [0, 0.1) is 11.8 Å². The van der Waals surface area contributed by atoms with Crippen molar-refractivity contribution in [3.8, 4) is 5.75 Å². The number of hydrogen-bond donors (Lipinski definition) is 0. The lowest BCUT2D eigenvalue weighted by atomic mass is 9.81. The number of benzene rings is 1. The summed E-state index contributed by atoms with van der Waals surface area (Å²) in [6, 6.07) is 12.5. The normalized spacial score (nSPS) is 23.1. The van der Waals surface area contributed by atoms with Crippen LogP contribution in [-0.4, -0.2) is 66.6 Å². The van der Waals surface area contributed by atoms with Crippen LogP contribution in [-0.2, 0) is 25.6 Å². The fraction of sp³-hybridized carbons (Fsp3) is 0.552. The lowest BCUT2D eigenvalue weighted by Crippen LogP contribution is -2.44. The van der Waals surface area contributed by atoms with Gasteiger partial charge in [-0.15, -0.1) is 0 Å². The molecule has 218 valence electrons. The molecule has 0 unspecified atom stereocenters. The molecular weight excluding hydrogens is 529 g/mol. The molecule has 0 radical (unpaired) electrons. The van der Waals surface area contributed by atoms with Crippen LogP contribution in [0.4, 0.5) is 13.2 Å². The minimum absolute atomic E-state index is 0.0292. The van der Waals surface area contributed by atoms with Crippen molar-refractivity contribution in [2.75, 3.05) is 26.6 Å². The van der Waals surface area contributed by atoms with Crippen LogP contribution in [0.5, 0.6) is 5.75 Å². The van der Waals surface area contributed by atoms with E-state index in [2.05, 4.69) is 4.98 Å². The van der Waals surface area contributed by atoms with Crippen molar-refractivity contribution in [3.05, 3.63) is 59.9 Å². The predicted molar refractivity (Wildman–Crippen MR) is 138 cm³/mol.